The molecule has 0 saturated carbocycles. The molecule has 0 aliphatic carbocycles. The molecular formula is C32H27BrCl3N3O4. The first-order chi connectivity index (χ1) is 20.7. The quantitative estimate of drug-likeness (QED) is 0.117. The zero-order valence-corrected chi connectivity index (χ0v) is 26.8. The zero-order valence-electron chi connectivity index (χ0n) is 22.9. The van der Waals surface area contributed by atoms with Crippen molar-refractivity contribution in [2.45, 2.75) is 32.1 Å². The minimum absolute atomic E-state index is 0.244. The van der Waals surface area contributed by atoms with E-state index in [-0.39, 0.29) is 11.4 Å². The minimum atomic E-state index is -0.939. The smallest absolute Gasteiger partial charge is 0.262 e. The summed E-state index contributed by atoms with van der Waals surface area (Å²) in [5.74, 6) is -0.0377. The zero-order chi connectivity index (χ0) is 30.8. The molecule has 0 radical (unpaired) electrons. The number of hydrazone groups is 1. The average molecular weight is 704 g/mol. The summed E-state index contributed by atoms with van der Waals surface area (Å²) < 4.78 is 12.3. The number of ether oxygens (including phenoxy) is 2. The summed E-state index contributed by atoms with van der Waals surface area (Å²) in [6, 6.07) is 26.0. The molecule has 0 aromatic heterocycles. The topological polar surface area (TPSA) is 89.0 Å². The Hall–Kier alpha value is -3.56. The van der Waals surface area contributed by atoms with Gasteiger partial charge in [0.25, 0.3) is 11.8 Å². The fourth-order valence-corrected chi connectivity index (χ4v) is 4.96. The molecule has 2 N–H and O–H groups in total. The predicted molar refractivity (Wildman–Crippen MR) is 174 cm³/mol. The van der Waals surface area contributed by atoms with Crippen LogP contribution in [-0.4, -0.2) is 30.2 Å². The van der Waals surface area contributed by atoms with Crippen LogP contribution in [0, 0.1) is 0 Å². The highest BCUT2D eigenvalue weighted by molar-refractivity contribution is 9.10. The van der Waals surface area contributed by atoms with Crippen LogP contribution in [0.25, 0.3) is 0 Å². The molecule has 0 unspecified atom stereocenters. The van der Waals surface area contributed by atoms with Gasteiger partial charge in [0, 0.05) is 16.5 Å². The van der Waals surface area contributed by atoms with Crippen molar-refractivity contribution in [3.63, 3.8) is 0 Å². The summed E-state index contributed by atoms with van der Waals surface area (Å²) in [5.41, 5.74) is 5.09. The number of benzene rings is 4. The molecule has 4 aromatic rings. The van der Waals surface area contributed by atoms with Gasteiger partial charge in [0.15, 0.2) is 6.10 Å². The third kappa shape index (κ3) is 10.0. The van der Waals surface area contributed by atoms with E-state index in [9.17, 15) is 9.59 Å². The number of halogens is 4. The van der Waals surface area contributed by atoms with E-state index in [1.165, 1.54) is 12.3 Å². The van der Waals surface area contributed by atoms with Crippen LogP contribution in [0.3, 0.4) is 0 Å². The van der Waals surface area contributed by atoms with E-state index in [0.29, 0.717) is 28.2 Å². The van der Waals surface area contributed by atoms with Gasteiger partial charge < -0.3 is 14.8 Å². The molecule has 11 heteroatoms. The van der Waals surface area contributed by atoms with Crippen molar-refractivity contribution < 1.29 is 19.1 Å². The van der Waals surface area contributed by atoms with Crippen LogP contribution < -0.4 is 20.2 Å². The van der Waals surface area contributed by atoms with Gasteiger partial charge in [-0.25, -0.2) is 5.43 Å². The van der Waals surface area contributed by atoms with Gasteiger partial charge in [-0.1, -0.05) is 77.3 Å². The number of nitrogens with one attached hydrogen (secondary N) is 2. The van der Waals surface area contributed by atoms with Gasteiger partial charge in [-0.2, -0.15) is 5.10 Å². The lowest BCUT2D eigenvalue weighted by atomic mass is 10.1. The van der Waals surface area contributed by atoms with E-state index in [4.69, 9.17) is 44.3 Å². The highest BCUT2D eigenvalue weighted by Gasteiger charge is 2.25. The van der Waals surface area contributed by atoms with E-state index in [0.717, 1.165) is 21.2 Å². The minimum Gasteiger partial charge on any atom is -0.488 e. The molecule has 43 heavy (non-hydrogen) atoms. The summed E-state index contributed by atoms with van der Waals surface area (Å²) in [5, 5.41) is 8.25. The molecule has 0 aliphatic rings. The molecule has 4 rings (SSSR count). The summed E-state index contributed by atoms with van der Waals surface area (Å²) in [4.78, 5) is 26.2. The largest absolute Gasteiger partial charge is 0.488 e. The number of hydrogen-bond acceptors (Lipinski definition) is 5. The SMILES string of the molecule is C[C@@H](Oc1ccc(Cl)cc1Cl)C(=O)N[C@@H](Cc1ccccc1)C(=O)N/N=C\c1ccc(OCc2ccc(Cl)cc2)c(Br)c1. The summed E-state index contributed by atoms with van der Waals surface area (Å²) >= 11 is 21.6. The maximum Gasteiger partial charge on any atom is 0.262 e. The molecule has 0 aliphatic heterocycles. The van der Waals surface area contributed by atoms with Gasteiger partial charge in [-0.15, -0.1) is 0 Å². The number of carbonyl (C=O) groups is 2. The van der Waals surface area contributed by atoms with Crippen LogP contribution in [0.2, 0.25) is 15.1 Å². The van der Waals surface area contributed by atoms with Crippen molar-refractivity contribution in [3.8, 4) is 11.5 Å². The van der Waals surface area contributed by atoms with Crippen molar-refractivity contribution in [2.75, 3.05) is 0 Å². The summed E-state index contributed by atoms with van der Waals surface area (Å²) in [6.07, 6.45) is 0.806. The van der Waals surface area contributed by atoms with Crippen molar-refractivity contribution in [1.82, 2.24) is 10.7 Å². The molecule has 7 nitrogen and oxygen atoms in total. The van der Waals surface area contributed by atoms with Crippen LogP contribution in [0.4, 0.5) is 0 Å². The highest BCUT2D eigenvalue weighted by atomic mass is 79.9. The molecule has 222 valence electrons. The van der Waals surface area contributed by atoms with Gasteiger partial charge in [0.2, 0.25) is 0 Å². The monoisotopic (exact) mass is 701 g/mol. The Labute approximate surface area is 273 Å². The van der Waals surface area contributed by atoms with Gasteiger partial charge in [-0.05, 0) is 88.1 Å². The van der Waals surface area contributed by atoms with Crippen LogP contribution in [0.5, 0.6) is 11.5 Å². The van der Waals surface area contributed by atoms with Crippen LogP contribution >= 0.6 is 50.7 Å². The number of amides is 2. The van der Waals surface area contributed by atoms with Crippen molar-refractivity contribution >= 4 is 68.8 Å². The third-order valence-electron chi connectivity index (χ3n) is 6.13. The standard InChI is InChI=1S/C32H27BrCl3N3O4/c1-20(43-30-14-12-25(35)17-27(30)36)31(40)38-28(16-21-5-3-2-4-6-21)32(41)39-37-18-23-9-13-29(26(33)15-23)42-19-22-7-10-24(34)11-8-22/h2-15,17-18,20,28H,16,19H2,1H3,(H,38,40)(H,39,41)/b37-18-/t20-,28+/m1/s1. The molecule has 0 heterocycles. The number of carbonyl (C=O) groups excluding carboxylic acids is 2. The Morgan fingerprint density at radius 2 is 1.56 bits per heavy atom. The Morgan fingerprint density at radius 3 is 2.26 bits per heavy atom. The van der Waals surface area contributed by atoms with Crippen molar-refractivity contribution in [2.24, 2.45) is 5.10 Å². The second-order valence-electron chi connectivity index (χ2n) is 9.42. The van der Waals surface area contributed by atoms with Gasteiger partial charge >= 0.3 is 0 Å². The molecule has 2 amide bonds. The second kappa shape index (κ2) is 15.8. The normalized spacial score (nSPS) is 12.4. The molecule has 4 aromatic carbocycles. The molecular weight excluding hydrogens is 677 g/mol. The van der Waals surface area contributed by atoms with E-state index >= 15 is 0 Å². The first-order valence-corrected chi connectivity index (χ1v) is 15.1. The average Bonchev–Trinajstić information content (AvgIpc) is 2.99. The van der Waals surface area contributed by atoms with E-state index in [1.807, 2.05) is 66.7 Å². The Balaban J connectivity index is 1.38. The fraction of sp³-hybridized carbons (Fsp3) is 0.156. The Morgan fingerprint density at radius 1 is 0.860 bits per heavy atom. The summed E-state index contributed by atoms with van der Waals surface area (Å²) in [7, 11) is 0. The lowest BCUT2D eigenvalue weighted by molar-refractivity contribution is -0.132. The summed E-state index contributed by atoms with van der Waals surface area (Å²) in [6.45, 7) is 1.95. The van der Waals surface area contributed by atoms with Crippen molar-refractivity contribution in [1.29, 1.82) is 0 Å². The third-order valence-corrected chi connectivity index (χ3v) is 7.54. The van der Waals surface area contributed by atoms with Crippen molar-refractivity contribution in [3.05, 3.63) is 127 Å². The predicted octanol–water partition coefficient (Wildman–Crippen LogP) is 7.63. The second-order valence-corrected chi connectivity index (χ2v) is 11.6. The van der Waals surface area contributed by atoms with Gasteiger partial charge in [0.1, 0.15) is 24.1 Å². The molecule has 2 atom stereocenters. The van der Waals surface area contributed by atoms with Crippen LogP contribution in [-0.2, 0) is 22.6 Å². The molecule has 0 saturated heterocycles. The van der Waals surface area contributed by atoms with Crippen LogP contribution in [0.1, 0.15) is 23.6 Å². The first kappa shape index (κ1) is 32.4. The van der Waals surface area contributed by atoms with E-state index in [1.54, 1.807) is 25.1 Å². The Bertz CT molecular complexity index is 1590. The first-order valence-electron chi connectivity index (χ1n) is 13.1. The number of hydrogen-bond donors (Lipinski definition) is 2. The molecule has 0 bridgehead atoms. The van der Waals surface area contributed by atoms with E-state index in [2.05, 4.69) is 31.8 Å². The molecule has 0 fully saturated rings. The lowest BCUT2D eigenvalue weighted by Crippen LogP contribution is -2.50. The number of nitrogens with zero attached hydrogens (tertiary/aromatic N) is 1. The van der Waals surface area contributed by atoms with E-state index < -0.39 is 24.0 Å². The highest BCUT2D eigenvalue weighted by Crippen LogP contribution is 2.29. The maximum absolute atomic E-state index is 13.2. The van der Waals surface area contributed by atoms with Gasteiger partial charge in [-0.3, -0.25) is 9.59 Å². The molecule has 0 spiro atoms. The lowest BCUT2D eigenvalue weighted by Gasteiger charge is -2.21. The fourth-order valence-electron chi connectivity index (χ4n) is 3.87. The van der Waals surface area contributed by atoms with Gasteiger partial charge in [0.05, 0.1) is 15.7 Å². The maximum atomic E-state index is 13.2. The number of rotatable bonds is 12. The Kier molecular flexibility index (Phi) is 11.9. The van der Waals surface area contributed by atoms with Crippen LogP contribution in [0.15, 0.2) is 101 Å².